The number of hydrogen-bond acceptors (Lipinski definition) is 1. The monoisotopic (exact) mass is 174 g/mol. The number of rotatable bonds is 0. The zero-order chi connectivity index (χ0) is 8.67. The van der Waals surface area contributed by atoms with Crippen LogP contribution in [0.15, 0.2) is 12.1 Å². The van der Waals surface area contributed by atoms with Crippen LogP contribution in [-0.2, 0) is 30.6 Å². The molecule has 68 valence electrons. The lowest BCUT2D eigenvalue weighted by atomic mass is 9.97. The highest BCUT2D eigenvalue weighted by molar-refractivity contribution is 5.41. The molecule has 2 aliphatic rings. The molecule has 0 radical (unpaired) electrons. The molecule has 1 nitrogen and oxygen atoms in total. The normalized spacial score (nSPS) is 19.7. The SMILES string of the molecule is c1c2c(cc3c1CCOC3)CCC2. The molecule has 0 aromatic heterocycles. The summed E-state index contributed by atoms with van der Waals surface area (Å²) in [5.41, 5.74) is 6.14. The van der Waals surface area contributed by atoms with Gasteiger partial charge in [0.05, 0.1) is 13.2 Å². The van der Waals surface area contributed by atoms with E-state index >= 15 is 0 Å². The number of aryl methyl sites for hydroxylation is 2. The summed E-state index contributed by atoms with van der Waals surface area (Å²) in [7, 11) is 0. The molecule has 0 saturated carbocycles. The van der Waals surface area contributed by atoms with Crippen molar-refractivity contribution >= 4 is 0 Å². The van der Waals surface area contributed by atoms with Gasteiger partial charge in [-0.25, -0.2) is 0 Å². The van der Waals surface area contributed by atoms with Crippen LogP contribution in [0.1, 0.15) is 28.7 Å². The summed E-state index contributed by atoms with van der Waals surface area (Å²) in [6.45, 7) is 1.74. The van der Waals surface area contributed by atoms with Crippen molar-refractivity contribution in [3.8, 4) is 0 Å². The molecule has 0 saturated heterocycles. The third-order valence-electron chi connectivity index (χ3n) is 3.19. The highest BCUT2D eigenvalue weighted by atomic mass is 16.5. The van der Waals surface area contributed by atoms with Crippen molar-refractivity contribution in [2.24, 2.45) is 0 Å². The lowest BCUT2D eigenvalue weighted by Gasteiger charge is -2.17. The molecule has 1 aromatic rings. The van der Waals surface area contributed by atoms with E-state index in [1.165, 1.54) is 30.4 Å². The van der Waals surface area contributed by atoms with Crippen molar-refractivity contribution < 1.29 is 4.74 Å². The van der Waals surface area contributed by atoms with E-state index < -0.39 is 0 Å². The largest absolute Gasteiger partial charge is 0.376 e. The molecule has 1 heterocycles. The van der Waals surface area contributed by atoms with Crippen molar-refractivity contribution in [2.75, 3.05) is 6.61 Å². The van der Waals surface area contributed by atoms with Gasteiger partial charge in [0.25, 0.3) is 0 Å². The summed E-state index contributed by atoms with van der Waals surface area (Å²) in [6.07, 6.45) is 5.04. The van der Waals surface area contributed by atoms with Crippen LogP contribution in [0.25, 0.3) is 0 Å². The zero-order valence-electron chi connectivity index (χ0n) is 7.81. The van der Waals surface area contributed by atoms with Crippen molar-refractivity contribution in [1.82, 2.24) is 0 Å². The topological polar surface area (TPSA) is 9.23 Å². The minimum Gasteiger partial charge on any atom is -0.376 e. The third kappa shape index (κ3) is 1.19. The van der Waals surface area contributed by atoms with Crippen LogP contribution in [0.2, 0.25) is 0 Å². The summed E-state index contributed by atoms with van der Waals surface area (Å²) in [6, 6.07) is 4.79. The highest BCUT2D eigenvalue weighted by Gasteiger charge is 2.16. The third-order valence-corrected chi connectivity index (χ3v) is 3.19. The quantitative estimate of drug-likeness (QED) is 0.586. The van der Waals surface area contributed by atoms with Gasteiger partial charge in [-0.3, -0.25) is 0 Å². The minimum atomic E-state index is 0.836. The first kappa shape index (κ1) is 7.57. The molecule has 0 bridgehead atoms. The Morgan fingerprint density at radius 2 is 1.54 bits per heavy atom. The summed E-state index contributed by atoms with van der Waals surface area (Å²) in [5.74, 6) is 0. The van der Waals surface area contributed by atoms with E-state index in [4.69, 9.17) is 4.74 Å². The van der Waals surface area contributed by atoms with Gasteiger partial charge in [0.1, 0.15) is 0 Å². The second kappa shape index (κ2) is 2.85. The van der Waals surface area contributed by atoms with E-state index in [-0.39, 0.29) is 0 Å². The molecule has 0 N–H and O–H groups in total. The lowest BCUT2D eigenvalue weighted by molar-refractivity contribution is 0.110. The van der Waals surface area contributed by atoms with Gasteiger partial charge in [-0.1, -0.05) is 12.1 Å². The number of ether oxygens (including phenoxy) is 1. The molecule has 13 heavy (non-hydrogen) atoms. The van der Waals surface area contributed by atoms with Crippen LogP contribution >= 0.6 is 0 Å². The van der Waals surface area contributed by atoms with Gasteiger partial charge in [0.15, 0.2) is 0 Å². The van der Waals surface area contributed by atoms with Crippen LogP contribution < -0.4 is 0 Å². The van der Waals surface area contributed by atoms with Crippen LogP contribution in [0, 0.1) is 0 Å². The van der Waals surface area contributed by atoms with Crippen molar-refractivity contribution in [3.05, 3.63) is 34.4 Å². The molecule has 1 aromatic carbocycles. The first-order chi connectivity index (χ1) is 6.43. The Hall–Kier alpha value is -0.820. The highest BCUT2D eigenvalue weighted by Crippen LogP contribution is 2.27. The second-order valence-corrected chi connectivity index (χ2v) is 4.05. The van der Waals surface area contributed by atoms with Gasteiger partial charge >= 0.3 is 0 Å². The van der Waals surface area contributed by atoms with Gasteiger partial charge in [0.2, 0.25) is 0 Å². The van der Waals surface area contributed by atoms with Crippen molar-refractivity contribution in [3.63, 3.8) is 0 Å². The van der Waals surface area contributed by atoms with Crippen molar-refractivity contribution in [1.29, 1.82) is 0 Å². The van der Waals surface area contributed by atoms with Gasteiger partial charge in [-0.2, -0.15) is 0 Å². The lowest BCUT2D eigenvalue weighted by Crippen LogP contribution is -2.10. The molecule has 0 unspecified atom stereocenters. The number of benzene rings is 1. The Balaban J connectivity index is 2.11. The first-order valence-corrected chi connectivity index (χ1v) is 5.15. The van der Waals surface area contributed by atoms with Gasteiger partial charge in [0, 0.05) is 0 Å². The maximum absolute atomic E-state index is 5.46. The van der Waals surface area contributed by atoms with E-state index in [0.717, 1.165) is 19.6 Å². The molecular formula is C12H14O. The summed E-state index contributed by atoms with van der Waals surface area (Å²) in [4.78, 5) is 0. The van der Waals surface area contributed by atoms with Crippen molar-refractivity contribution in [2.45, 2.75) is 32.3 Å². The first-order valence-electron chi connectivity index (χ1n) is 5.15. The zero-order valence-corrected chi connectivity index (χ0v) is 7.81. The van der Waals surface area contributed by atoms with E-state index in [1.54, 1.807) is 11.1 Å². The van der Waals surface area contributed by atoms with Crippen LogP contribution in [0.4, 0.5) is 0 Å². The fourth-order valence-electron chi connectivity index (χ4n) is 2.46. The standard InChI is InChI=1S/C12H14O/c1-2-9-6-11-4-5-13-8-12(11)7-10(9)3-1/h6-7H,1-5,8H2. The molecule has 3 rings (SSSR count). The predicted octanol–water partition coefficient (Wildman–Crippen LogP) is 2.25. The molecule has 0 spiro atoms. The maximum atomic E-state index is 5.46. The molecule has 0 fully saturated rings. The summed E-state index contributed by atoms with van der Waals surface area (Å²) >= 11 is 0. The van der Waals surface area contributed by atoms with Crippen LogP contribution in [0.3, 0.4) is 0 Å². The van der Waals surface area contributed by atoms with E-state index in [9.17, 15) is 0 Å². The predicted molar refractivity (Wildman–Crippen MR) is 51.8 cm³/mol. The summed E-state index contributed by atoms with van der Waals surface area (Å²) < 4.78 is 5.46. The number of fused-ring (bicyclic) bond motifs is 2. The molecule has 0 atom stereocenters. The summed E-state index contributed by atoms with van der Waals surface area (Å²) in [5, 5.41) is 0. The molecule has 0 amide bonds. The fraction of sp³-hybridized carbons (Fsp3) is 0.500. The Kier molecular flexibility index (Phi) is 1.66. The number of hydrogen-bond donors (Lipinski definition) is 0. The van der Waals surface area contributed by atoms with Gasteiger partial charge in [-0.05, 0) is 47.9 Å². The second-order valence-electron chi connectivity index (χ2n) is 4.05. The van der Waals surface area contributed by atoms with Gasteiger partial charge in [-0.15, -0.1) is 0 Å². The average molecular weight is 174 g/mol. The molecule has 1 aliphatic heterocycles. The van der Waals surface area contributed by atoms with E-state index in [0.29, 0.717) is 0 Å². The molecule has 1 aliphatic carbocycles. The Morgan fingerprint density at radius 3 is 2.38 bits per heavy atom. The molecule has 1 heteroatoms. The van der Waals surface area contributed by atoms with E-state index in [2.05, 4.69) is 12.1 Å². The molecular weight excluding hydrogens is 160 g/mol. The van der Waals surface area contributed by atoms with Gasteiger partial charge < -0.3 is 4.74 Å². The Morgan fingerprint density at radius 1 is 0.846 bits per heavy atom. The van der Waals surface area contributed by atoms with E-state index in [1.807, 2.05) is 0 Å². The van der Waals surface area contributed by atoms with Crippen LogP contribution in [-0.4, -0.2) is 6.61 Å². The fourth-order valence-corrected chi connectivity index (χ4v) is 2.46. The smallest absolute Gasteiger partial charge is 0.0719 e. The Labute approximate surface area is 78.7 Å². The average Bonchev–Trinajstić information content (AvgIpc) is 2.61. The minimum absolute atomic E-state index is 0.836. The Bertz CT molecular complexity index is 308. The van der Waals surface area contributed by atoms with Crippen LogP contribution in [0.5, 0.6) is 0 Å². The maximum Gasteiger partial charge on any atom is 0.0719 e.